The summed E-state index contributed by atoms with van der Waals surface area (Å²) in [5, 5.41) is 13.8. The number of para-hydroxylation sites is 1. The lowest BCUT2D eigenvalue weighted by Gasteiger charge is -2.23. The Labute approximate surface area is 149 Å². The number of aliphatic hydroxyl groups is 1. The van der Waals surface area contributed by atoms with Crippen LogP contribution in [-0.2, 0) is 6.18 Å². The number of alkyl halides is 3. The number of fused-ring (bicyclic) bond motifs is 3. The van der Waals surface area contributed by atoms with Crippen LogP contribution in [0.4, 0.5) is 24.5 Å². The van der Waals surface area contributed by atoms with Crippen molar-refractivity contribution in [2.45, 2.75) is 6.18 Å². The van der Waals surface area contributed by atoms with E-state index >= 15 is 0 Å². The number of aliphatic hydroxyl groups excluding tert-OH is 1. The molecule has 0 fully saturated rings. The van der Waals surface area contributed by atoms with Gasteiger partial charge in [0.15, 0.2) is 5.70 Å². The summed E-state index contributed by atoms with van der Waals surface area (Å²) in [5.41, 5.74) is 3.74. The average molecular weight is 411 g/mol. The molecule has 2 aliphatic heterocycles. The van der Waals surface area contributed by atoms with Crippen LogP contribution in [0.1, 0.15) is 11.1 Å². The van der Waals surface area contributed by atoms with Crippen LogP contribution in [-0.4, -0.2) is 5.11 Å². The molecule has 0 atom stereocenters. The van der Waals surface area contributed by atoms with Gasteiger partial charge < -0.3 is 5.11 Å². The van der Waals surface area contributed by atoms with Crippen molar-refractivity contribution < 1.29 is 23.8 Å². The van der Waals surface area contributed by atoms with Crippen LogP contribution in [0.2, 0.25) is 0 Å². The second kappa shape index (κ2) is 5.53. The van der Waals surface area contributed by atoms with Crippen molar-refractivity contribution >= 4 is 31.8 Å². The summed E-state index contributed by atoms with van der Waals surface area (Å²) in [6.07, 6.45) is -2.62. The Kier molecular flexibility index (Phi) is 3.55. The molecule has 0 saturated carbocycles. The lowest BCUT2D eigenvalue weighted by Crippen LogP contribution is -2.99. The number of benzene rings is 2. The molecule has 2 aliphatic rings. The second-order valence-electron chi connectivity index (χ2n) is 5.62. The van der Waals surface area contributed by atoms with Gasteiger partial charge in [-0.05, 0) is 36.4 Å². The summed E-state index contributed by atoms with van der Waals surface area (Å²) in [4.78, 5) is 0. The van der Waals surface area contributed by atoms with Crippen LogP contribution in [0.25, 0.3) is 4.48 Å². The molecule has 8 heteroatoms. The second-order valence-corrected chi connectivity index (χ2v) is 6.47. The molecule has 0 aliphatic carbocycles. The topological polar surface area (TPSA) is 43.3 Å². The van der Waals surface area contributed by atoms with Crippen molar-refractivity contribution in [2.24, 2.45) is 0 Å². The monoisotopic (exact) mass is 410 g/mol. The van der Waals surface area contributed by atoms with Crippen molar-refractivity contribution in [1.82, 2.24) is 0 Å². The number of quaternary nitrogens is 1. The van der Waals surface area contributed by atoms with E-state index in [1.54, 1.807) is 16.6 Å². The van der Waals surface area contributed by atoms with Crippen LogP contribution in [0.5, 0.6) is 0 Å². The molecular formula is C17H12BrF3N3O+. The van der Waals surface area contributed by atoms with E-state index in [1.165, 1.54) is 17.1 Å². The largest absolute Gasteiger partial charge is 0.490 e. The number of hydrogen-bond donors (Lipinski definition) is 2. The quantitative estimate of drug-likeness (QED) is 0.700. The average Bonchev–Trinajstić information content (AvgIpc) is 2.92. The van der Waals surface area contributed by atoms with Crippen molar-refractivity contribution in [3.05, 3.63) is 77.3 Å². The third-order valence-corrected chi connectivity index (χ3v) is 4.76. The Balaban J connectivity index is 1.72. The molecule has 3 N–H and O–H groups in total. The van der Waals surface area contributed by atoms with Gasteiger partial charge in [-0.15, -0.1) is 10.5 Å². The van der Waals surface area contributed by atoms with Gasteiger partial charge in [-0.25, -0.2) is 0 Å². The first-order valence-electron chi connectivity index (χ1n) is 7.37. The first-order valence-corrected chi connectivity index (χ1v) is 8.16. The maximum Gasteiger partial charge on any atom is 0.416 e. The zero-order valence-corrected chi connectivity index (χ0v) is 14.2. The fourth-order valence-electron chi connectivity index (χ4n) is 2.87. The van der Waals surface area contributed by atoms with Crippen LogP contribution in [0.15, 0.2) is 66.2 Å². The predicted octanol–water partition coefficient (Wildman–Crippen LogP) is 3.90. The highest BCUT2D eigenvalue weighted by Gasteiger charge is 2.38. The molecule has 0 saturated heterocycles. The maximum absolute atomic E-state index is 12.7. The van der Waals surface area contributed by atoms with Gasteiger partial charge in [-0.1, -0.05) is 34.1 Å². The molecule has 2 heterocycles. The highest BCUT2D eigenvalue weighted by atomic mass is 79.9. The van der Waals surface area contributed by atoms with Gasteiger partial charge in [0.2, 0.25) is 0 Å². The first kappa shape index (κ1) is 16.0. The highest BCUT2D eigenvalue weighted by molar-refractivity contribution is 9.15. The van der Waals surface area contributed by atoms with Crippen LogP contribution in [0.3, 0.4) is 0 Å². The smallest absolute Gasteiger partial charge is 0.416 e. The number of halogens is 4. The molecule has 0 spiro atoms. The Morgan fingerprint density at radius 1 is 0.960 bits per heavy atom. The number of nitrogens with two attached hydrogens (primary N) is 1. The standard InChI is InChI=1S/C17H11BrF3N3O/c18-13-9-15-16(25)23(11-7-5-10(6-8-11)17(19,20)21)22-24(15)14-4-2-1-3-12(13)14/h1-9,22,25H/p+1. The third-order valence-electron chi connectivity index (χ3n) is 4.10. The van der Waals surface area contributed by atoms with Crippen molar-refractivity contribution in [3.63, 3.8) is 0 Å². The Morgan fingerprint density at radius 3 is 2.32 bits per heavy atom. The van der Waals surface area contributed by atoms with E-state index in [-0.39, 0.29) is 5.88 Å². The molecule has 0 bridgehead atoms. The summed E-state index contributed by atoms with van der Waals surface area (Å²) >= 11 is 3.49. The van der Waals surface area contributed by atoms with Gasteiger partial charge in [0, 0.05) is 10.0 Å². The van der Waals surface area contributed by atoms with Gasteiger partial charge in [-0.2, -0.15) is 18.2 Å². The molecule has 4 nitrogen and oxygen atoms in total. The number of hydrogen-bond acceptors (Lipinski definition) is 3. The van der Waals surface area contributed by atoms with Crippen molar-refractivity contribution in [3.8, 4) is 0 Å². The van der Waals surface area contributed by atoms with Crippen LogP contribution >= 0.6 is 15.9 Å². The van der Waals surface area contributed by atoms with E-state index in [2.05, 4.69) is 15.9 Å². The molecule has 25 heavy (non-hydrogen) atoms. The Bertz CT molecular complexity index is 906. The zero-order valence-electron chi connectivity index (χ0n) is 12.6. The molecule has 2 aromatic carbocycles. The minimum absolute atomic E-state index is 0.0498. The highest BCUT2D eigenvalue weighted by Crippen LogP contribution is 2.39. The lowest BCUT2D eigenvalue weighted by molar-refractivity contribution is -0.661. The number of rotatable bonds is 1. The SMILES string of the molecule is OC1=C2C=C(Br)c3ccccc3N2[NH2+]N1c1ccc(C(F)(F)F)cc1. The predicted molar refractivity (Wildman–Crippen MR) is 91.3 cm³/mol. The maximum atomic E-state index is 12.7. The van der Waals surface area contributed by atoms with E-state index in [9.17, 15) is 18.3 Å². The Hall–Kier alpha value is -2.45. The van der Waals surface area contributed by atoms with Crippen molar-refractivity contribution in [2.75, 3.05) is 10.0 Å². The fourth-order valence-corrected chi connectivity index (χ4v) is 3.43. The van der Waals surface area contributed by atoms with Crippen LogP contribution < -0.4 is 15.6 Å². The fraction of sp³-hybridized carbons (Fsp3) is 0.0588. The summed E-state index contributed by atoms with van der Waals surface area (Å²) in [7, 11) is 0. The summed E-state index contributed by atoms with van der Waals surface area (Å²) in [5.74, 6) is -0.0498. The van der Waals surface area contributed by atoms with E-state index in [1.807, 2.05) is 24.3 Å². The number of nitrogens with zero attached hydrogens (tertiary/aromatic N) is 2. The van der Waals surface area contributed by atoms with E-state index < -0.39 is 11.7 Å². The summed E-state index contributed by atoms with van der Waals surface area (Å²) in [6.45, 7) is 0. The molecule has 4 rings (SSSR count). The number of anilines is 2. The van der Waals surface area contributed by atoms with Gasteiger partial charge >= 0.3 is 6.18 Å². The minimum Gasteiger partial charge on any atom is -0.490 e. The van der Waals surface area contributed by atoms with Crippen molar-refractivity contribution in [1.29, 1.82) is 0 Å². The molecule has 2 aromatic rings. The number of allylic oxidation sites excluding steroid dienone is 1. The molecule has 0 amide bonds. The zero-order chi connectivity index (χ0) is 17.8. The normalized spacial score (nSPS) is 16.7. The van der Waals surface area contributed by atoms with E-state index in [0.29, 0.717) is 11.4 Å². The summed E-state index contributed by atoms with van der Waals surface area (Å²) in [6, 6.07) is 12.3. The summed E-state index contributed by atoms with van der Waals surface area (Å²) < 4.78 is 39.0. The molecule has 0 radical (unpaired) electrons. The van der Waals surface area contributed by atoms with Gasteiger partial charge in [0.1, 0.15) is 11.4 Å². The van der Waals surface area contributed by atoms with Gasteiger partial charge in [0.05, 0.1) is 5.56 Å². The van der Waals surface area contributed by atoms with E-state index in [0.717, 1.165) is 27.9 Å². The molecule has 0 aromatic heterocycles. The lowest BCUT2D eigenvalue weighted by atomic mass is 10.1. The third kappa shape index (κ3) is 2.58. The molecule has 0 unspecified atom stereocenters. The Morgan fingerprint density at radius 2 is 1.64 bits per heavy atom. The van der Waals surface area contributed by atoms with Crippen LogP contribution in [0, 0.1) is 0 Å². The van der Waals surface area contributed by atoms with Gasteiger partial charge in [0.25, 0.3) is 5.88 Å². The molecule has 128 valence electrons. The van der Waals surface area contributed by atoms with Gasteiger partial charge in [-0.3, -0.25) is 0 Å². The molecular weight excluding hydrogens is 399 g/mol. The van der Waals surface area contributed by atoms with E-state index in [4.69, 9.17) is 0 Å². The minimum atomic E-state index is -4.39. The first-order chi connectivity index (χ1) is 11.9.